The van der Waals surface area contributed by atoms with Gasteiger partial charge in [0.15, 0.2) is 17.8 Å². The van der Waals surface area contributed by atoms with E-state index in [9.17, 15) is 0 Å². The molecule has 0 radical (unpaired) electrons. The van der Waals surface area contributed by atoms with Crippen LogP contribution < -0.4 is 0 Å². The molecule has 0 fully saturated rings. The minimum Gasteiger partial charge on any atom is -0.270 e. The van der Waals surface area contributed by atoms with E-state index in [1.54, 1.807) is 19.1 Å². The fraction of sp³-hybridized carbons (Fsp3) is 0.333. The summed E-state index contributed by atoms with van der Waals surface area (Å²) in [7, 11) is 0. The van der Waals surface area contributed by atoms with Crippen LogP contribution in [0.4, 0.5) is 0 Å². The third-order valence-corrected chi connectivity index (χ3v) is 4.04. The van der Waals surface area contributed by atoms with Gasteiger partial charge in [-0.15, -0.1) is 0 Å². The number of rotatable bonds is 4. The summed E-state index contributed by atoms with van der Waals surface area (Å²) < 4.78 is -3.73. The average Bonchev–Trinajstić information content (AvgIpc) is 2.52. The largest absolute Gasteiger partial charge is 0.270 e. The van der Waals surface area contributed by atoms with Crippen molar-refractivity contribution < 1.29 is 4.84 Å². The van der Waals surface area contributed by atoms with E-state index in [1.165, 1.54) is 0 Å². The molecule has 2 rings (SSSR count). The lowest BCUT2D eigenvalue weighted by Gasteiger charge is -2.38. The normalized spacial score (nSPS) is 19.2. The van der Waals surface area contributed by atoms with Crippen LogP contribution in [0.3, 0.4) is 0 Å². The van der Waals surface area contributed by atoms with E-state index in [2.05, 4.69) is 9.98 Å². The molecule has 0 N–H and O–H groups in total. The zero-order valence-electron chi connectivity index (χ0n) is 12.8. The molecule has 0 bridgehead atoms. The molecule has 25 heavy (non-hydrogen) atoms. The van der Waals surface area contributed by atoms with E-state index in [-0.39, 0.29) is 18.3 Å². The van der Waals surface area contributed by atoms with Crippen LogP contribution in [0.15, 0.2) is 46.4 Å². The summed E-state index contributed by atoms with van der Waals surface area (Å²) >= 11 is 36.1. The first-order valence-corrected chi connectivity index (χ1v) is 9.35. The molecule has 1 atom stereocenters. The fourth-order valence-corrected chi connectivity index (χ4v) is 2.75. The molecule has 1 aliphatic heterocycles. The highest BCUT2D eigenvalue weighted by Crippen LogP contribution is 2.40. The summed E-state index contributed by atoms with van der Waals surface area (Å²) in [5.74, 6) is 0.191. The van der Waals surface area contributed by atoms with Gasteiger partial charge in [0.05, 0.1) is 6.61 Å². The van der Waals surface area contributed by atoms with Crippen molar-refractivity contribution in [3.63, 3.8) is 0 Å². The van der Waals surface area contributed by atoms with Crippen LogP contribution in [-0.4, -0.2) is 37.1 Å². The Balaban J connectivity index is 2.44. The van der Waals surface area contributed by atoms with Gasteiger partial charge < -0.3 is 0 Å². The van der Waals surface area contributed by atoms with Crippen molar-refractivity contribution >= 4 is 87.4 Å². The molecule has 0 saturated heterocycles. The number of nitrogens with zero attached hydrogens (tertiary/aromatic N) is 3. The van der Waals surface area contributed by atoms with Gasteiger partial charge in [0.2, 0.25) is 7.59 Å². The van der Waals surface area contributed by atoms with Gasteiger partial charge in [0, 0.05) is 0 Å². The van der Waals surface area contributed by atoms with Crippen LogP contribution in [0, 0.1) is 0 Å². The minimum absolute atomic E-state index is 0.0432. The fourth-order valence-electron chi connectivity index (χ4n) is 1.96. The second-order valence-electron chi connectivity index (χ2n) is 4.82. The third kappa shape index (κ3) is 5.90. The molecule has 0 aromatic heterocycles. The Labute approximate surface area is 175 Å². The van der Waals surface area contributed by atoms with Crippen molar-refractivity contribution in [2.45, 2.75) is 20.7 Å². The summed E-state index contributed by atoms with van der Waals surface area (Å²) in [6.45, 7) is 1.97. The van der Waals surface area contributed by atoms with Crippen molar-refractivity contribution in [1.29, 1.82) is 0 Å². The number of hydrogen-bond donors (Lipinski definition) is 0. The molecule has 0 spiro atoms. The molecule has 4 nitrogen and oxygen atoms in total. The van der Waals surface area contributed by atoms with Crippen LogP contribution in [0.1, 0.15) is 12.5 Å². The smallest absolute Gasteiger partial charge is 0.250 e. The van der Waals surface area contributed by atoms with Gasteiger partial charge >= 0.3 is 0 Å². The van der Waals surface area contributed by atoms with Gasteiger partial charge in [-0.1, -0.05) is 106 Å². The molecule has 136 valence electrons. The average molecular weight is 464 g/mol. The van der Waals surface area contributed by atoms with E-state index in [4.69, 9.17) is 74.4 Å². The SMILES string of the molecule is CCON1C(C(Cl)(Cl)Cl)=NC(C=Cc2ccccc2)=NC1C(Cl)(Cl)Cl. The molecule has 0 amide bonds. The third-order valence-electron chi connectivity index (χ3n) is 2.94. The van der Waals surface area contributed by atoms with E-state index < -0.39 is 13.8 Å². The highest BCUT2D eigenvalue weighted by molar-refractivity contribution is 6.77. The Morgan fingerprint density at radius 3 is 2.24 bits per heavy atom. The van der Waals surface area contributed by atoms with Crippen molar-refractivity contribution in [1.82, 2.24) is 5.06 Å². The first-order valence-electron chi connectivity index (χ1n) is 7.08. The van der Waals surface area contributed by atoms with E-state index in [0.717, 1.165) is 10.6 Å². The van der Waals surface area contributed by atoms with Gasteiger partial charge in [-0.2, -0.15) is 0 Å². The number of benzene rings is 1. The predicted octanol–water partition coefficient (Wildman–Crippen LogP) is 5.83. The summed E-state index contributed by atoms with van der Waals surface area (Å²) in [5.41, 5.74) is 0.938. The van der Waals surface area contributed by atoms with Gasteiger partial charge in [-0.05, 0) is 18.6 Å². The Bertz CT molecular complexity index is 679. The zero-order valence-corrected chi connectivity index (χ0v) is 17.4. The molecule has 1 heterocycles. The summed E-state index contributed by atoms with van der Waals surface area (Å²) in [4.78, 5) is 14.0. The lowest BCUT2D eigenvalue weighted by molar-refractivity contribution is -0.122. The lowest BCUT2D eigenvalue weighted by Crippen LogP contribution is -2.53. The first-order chi connectivity index (χ1) is 11.6. The van der Waals surface area contributed by atoms with Crippen molar-refractivity contribution in [3.05, 3.63) is 42.0 Å². The quantitative estimate of drug-likeness (QED) is 0.527. The summed E-state index contributed by atoms with van der Waals surface area (Å²) in [6.07, 6.45) is 2.36. The number of hydrogen-bond acceptors (Lipinski definition) is 4. The molecule has 0 saturated carbocycles. The highest BCUT2D eigenvalue weighted by atomic mass is 35.6. The van der Waals surface area contributed by atoms with Crippen molar-refractivity contribution in [2.24, 2.45) is 9.98 Å². The molecule has 10 heteroatoms. The number of alkyl halides is 6. The van der Waals surface area contributed by atoms with Crippen LogP contribution in [0.25, 0.3) is 6.08 Å². The van der Waals surface area contributed by atoms with E-state index in [1.807, 2.05) is 30.3 Å². The van der Waals surface area contributed by atoms with E-state index in [0.29, 0.717) is 0 Å². The van der Waals surface area contributed by atoms with Gasteiger partial charge in [-0.3, -0.25) is 4.84 Å². The molecule has 1 unspecified atom stereocenters. The second kappa shape index (κ2) is 8.66. The van der Waals surface area contributed by atoms with Gasteiger partial charge in [0.1, 0.15) is 0 Å². The van der Waals surface area contributed by atoms with Crippen molar-refractivity contribution in [2.75, 3.05) is 6.61 Å². The Morgan fingerprint density at radius 1 is 1.08 bits per heavy atom. The van der Waals surface area contributed by atoms with Crippen molar-refractivity contribution in [3.8, 4) is 0 Å². The zero-order chi connectivity index (χ0) is 18.7. The molecular weight excluding hydrogens is 451 g/mol. The molecule has 1 aliphatic rings. The second-order valence-corrected chi connectivity index (χ2v) is 9.47. The van der Waals surface area contributed by atoms with Crippen LogP contribution in [-0.2, 0) is 4.84 Å². The Kier molecular flexibility index (Phi) is 7.31. The standard InChI is InChI=1S/C15H13Cl6N3O/c1-2-25-24-12(14(16,17)18)22-11(23-13(24)15(19,20)21)9-8-10-6-4-3-5-7-10/h3-9,12H,2H2,1H3. The number of aliphatic imine (C=N–C) groups is 2. The molecular formula is C15H13Cl6N3O. The monoisotopic (exact) mass is 461 g/mol. The maximum Gasteiger partial charge on any atom is 0.250 e. The topological polar surface area (TPSA) is 37.2 Å². The maximum atomic E-state index is 6.03. The van der Waals surface area contributed by atoms with Gasteiger partial charge in [-0.25, -0.2) is 15.0 Å². The first kappa shape index (κ1) is 21.1. The number of amidine groups is 2. The summed E-state index contributed by atoms with van der Waals surface area (Å²) in [5, 5.41) is 1.11. The Hall–Kier alpha value is -0.200. The highest BCUT2D eigenvalue weighted by Gasteiger charge is 2.47. The van der Waals surface area contributed by atoms with Crippen LogP contribution >= 0.6 is 69.6 Å². The Morgan fingerprint density at radius 2 is 1.72 bits per heavy atom. The lowest BCUT2D eigenvalue weighted by atomic mass is 10.2. The van der Waals surface area contributed by atoms with Gasteiger partial charge in [0.25, 0.3) is 0 Å². The minimum atomic E-state index is -1.90. The van der Waals surface area contributed by atoms with Crippen LogP contribution in [0.5, 0.6) is 0 Å². The molecule has 0 aliphatic carbocycles. The number of halogens is 6. The summed E-state index contributed by atoms with van der Waals surface area (Å²) in [6, 6.07) is 9.54. The molecule has 1 aromatic rings. The predicted molar refractivity (Wildman–Crippen MR) is 108 cm³/mol. The molecule has 1 aromatic carbocycles. The van der Waals surface area contributed by atoms with E-state index >= 15 is 0 Å². The number of hydroxylamine groups is 2. The maximum absolute atomic E-state index is 6.03. The van der Waals surface area contributed by atoms with Crippen LogP contribution in [0.2, 0.25) is 0 Å².